The van der Waals surface area contributed by atoms with Crippen LogP contribution in [0.5, 0.6) is 0 Å². The van der Waals surface area contributed by atoms with Gasteiger partial charge in [0.1, 0.15) is 0 Å². The minimum Gasteiger partial charge on any atom is -0.351 e. The second-order valence-electron chi connectivity index (χ2n) is 6.09. The van der Waals surface area contributed by atoms with Gasteiger partial charge in [-0.3, -0.25) is 4.79 Å². The molecule has 2 atom stereocenters. The number of carbonyl (C=O) groups excluding carboxylic acids is 1. The molecule has 0 aromatic heterocycles. The van der Waals surface area contributed by atoms with Crippen molar-refractivity contribution in [3.63, 3.8) is 0 Å². The zero-order valence-corrected chi connectivity index (χ0v) is 14.9. The van der Waals surface area contributed by atoms with Crippen LogP contribution in [0.4, 0.5) is 0 Å². The Bertz CT molecular complexity index is 499. The molecular formula is C16H22BrClN2O. The molecule has 1 amide bonds. The lowest BCUT2D eigenvalue weighted by Crippen LogP contribution is -2.42. The molecule has 0 bridgehead atoms. The van der Waals surface area contributed by atoms with E-state index in [2.05, 4.69) is 40.0 Å². The summed E-state index contributed by atoms with van der Waals surface area (Å²) in [6, 6.07) is 5.31. The van der Waals surface area contributed by atoms with Crippen molar-refractivity contribution in [1.82, 2.24) is 10.2 Å². The van der Waals surface area contributed by atoms with Crippen molar-refractivity contribution in [3.8, 4) is 0 Å². The van der Waals surface area contributed by atoms with Gasteiger partial charge in [-0.15, -0.1) is 0 Å². The van der Waals surface area contributed by atoms with Gasteiger partial charge in [0.25, 0.3) is 5.91 Å². The smallest absolute Gasteiger partial charge is 0.252 e. The molecule has 1 aromatic rings. The molecule has 1 N–H and O–H groups in total. The van der Waals surface area contributed by atoms with Crippen molar-refractivity contribution >= 4 is 33.4 Å². The van der Waals surface area contributed by atoms with E-state index in [1.54, 1.807) is 12.1 Å². The molecule has 1 heterocycles. The zero-order chi connectivity index (χ0) is 15.4. The number of piperidine rings is 1. The van der Waals surface area contributed by atoms with Crippen molar-refractivity contribution in [1.29, 1.82) is 0 Å². The Balaban J connectivity index is 1.83. The Kier molecular flexibility index (Phi) is 6.08. The summed E-state index contributed by atoms with van der Waals surface area (Å²) in [5.41, 5.74) is 0.520. The fourth-order valence-electron chi connectivity index (χ4n) is 3.07. The van der Waals surface area contributed by atoms with E-state index in [4.69, 9.17) is 11.6 Å². The topological polar surface area (TPSA) is 32.3 Å². The third-order valence-electron chi connectivity index (χ3n) is 3.83. The number of amides is 1. The Morgan fingerprint density at radius 3 is 2.71 bits per heavy atom. The van der Waals surface area contributed by atoms with E-state index in [0.29, 0.717) is 17.1 Å². The lowest BCUT2D eigenvalue weighted by atomic mass is 9.92. The highest BCUT2D eigenvalue weighted by molar-refractivity contribution is 9.10. The lowest BCUT2D eigenvalue weighted by molar-refractivity contribution is 0.0936. The zero-order valence-electron chi connectivity index (χ0n) is 12.5. The van der Waals surface area contributed by atoms with Gasteiger partial charge >= 0.3 is 0 Å². The number of rotatable bonds is 4. The van der Waals surface area contributed by atoms with Crippen molar-refractivity contribution < 1.29 is 4.79 Å². The van der Waals surface area contributed by atoms with Crippen LogP contribution in [0.15, 0.2) is 22.7 Å². The molecule has 1 fully saturated rings. The Morgan fingerprint density at radius 1 is 1.38 bits per heavy atom. The van der Waals surface area contributed by atoms with Gasteiger partial charge in [-0.05, 0) is 36.5 Å². The average Bonchev–Trinajstić information content (AvgIpc) is 2.40. The summed E-state index contributed by atoms with van der Waals surface area (Å²) in [4.78, 5) is 14.6. The van der Waals surface area contributed by atoms with Crippen LogP contribution >= 0.6 is 27.5 Å². The maximum absolute atomic E-state index is 12.2. The number of carbonyl (C=O) groups is 1. The molecule has 1 aliphatic rings. The highest BCUT2D eigenvalue weighted by atomic mass is 79.9. The number of likely N-dealkylation sites (tertiary alicyclic amines) is 1. The molecule has 3 nitrogen and oxygen atoms in total. The van der Waals surface area contributed by atoms with Crippen LogP contribution in [0.3, 0.4) is 0 Å². The van der Waals surface area contributed by atoms with Gasteiger partial charge in [0.2, 0.25) is 0 Å². The highest BCUT2D eigenvalue weighted by Crippen LogP contribution is 2.21. The van der Waals surface area contributed by atoms with Crippen LogP contribution in [0, 0.1) is 11.8 Å². The third kappa shape index (κ3) is 4.97. The Hall–Kier alpha value is -0.580. The number of hydrogen-bond donors (Lipinski definition) is 1. The summed E-state index contributed by atoms with van der Waals surface area (Å²) in [5.74, 6) is 1.37. The average molecular weight is 374 g/mol. The molecule has 1 saturated heterocycles. The van der Waals surface area contributed by atoms with Gasteiger partial charge in [-0.2, -0.15) is 0 Å². The molecule has 0 spiro atoms. The van der Waals surface area contributed by atoms with Gasteiger partial charge in [-0.25, -0.2) is 0 Å². The first-order valence-corrected chi connectivity index (χ1v) is 8.58. The normalized spacial score (nSPS) is 23.0. The van der Waals surface area contributed by atoms with E-state index >= 15 is 0 Å². The first-order chi connectivity index (χ1) is 9.95. The SMILES string of the molecule is C[C@H]1C[C@H](C)CN(CCNC(=O)c2cc(Br)ccc2Cl)C1. The molecular weight excluding hydrogens is 352 g/mol. The fraction of sp³-hybridized carbons (Fsp3) is 0.562. The van der Waals surface area contributed by atoms with Gasteiger partial charge in [0, 0.05) is 30.7 Å². The largest absolute Gasteiger partial charge is 0.351 e. The van der Waals surface area contributed by atoms with E-state index in [1.165, 1.54) is 6.42 Å². The van der Waals surface area contributed by atoms with Crippen molar-refractivity contribution in [3.05, 3.63) is 33.3 Å². The second kappa shape index (κ2) is 7.61. The molecule has 116 valence electrons. The predicted molar refractivity (Wildman–Crippen MR) is 90.9 cm³/mol. The summed E-state index contributed by atoms with van der Waals surface area (Å²) in [6.45, 7) is 8.38. The summed E-state index contributed by atoms with van der Waals surface area (Å²) in [6.07, 6.45) is 1.30. The Morgan fingerprint density at radius 2 is 2.05 bits per heavy atom. The first-order valence-electron chi connectivity index (χ1n) is 7.41. The molecule has 0 unspecified atom stereocenters. The van der Waals surface area contributed by atoms with E-state index < -0.39 is 0 Å². The van der Waals surface area contributed by atoms with E-state index in [-0.39, 0.29) is 5.91 Å². The van der Waals surface area contributed by atoms with Crippen molar-refractivity contribution in [2.75, 3.05) is 26.2 Å². The lowest BCUT2D eigenvalue weighted by Gasteiger charge is -2.34. The molecule has 5 heteroatoms. The summed E-state index contributed by atoms with van der Waals surface area (Å²) >= 11 is 9.43. The first kappa shape index (κ1) is 16.8. The van der Waals surface area contributed by atoms with Crippen LogP contribution in [0.2, 0.25) is 5.02 Å². The van der Waals surface area contributed by atoms with Crippen molar-refractivity contribution in [2.24, 2.45) is 11.8 Å². The van der Waals surface area contributed by atoms with E-state index in [0.717, 1.165) is 35.9 Å². The summed E-state index contributed by atoms with van der Waals surface area (Å²) in [5, 5.41) is 3.44. The second-order valence-corrected chi connectivity index (χ2v) is 7.41. The van der Waals surface area contributed by atoms with E-state index in [9.17, 15) is 4.79 Å². The van der Waals surface area contributed by atoms with Crippen LogP contribution in [-0.4, -0.2) is 37.0 Å². The number of hydrogen-bond acceptors (Lipinski definition) is 2. The van der Waals surface area contributed by atoms with Crippen LogP contribution < -0.4 is 5.32 Å². The third-order valence-corrected chi connectivity index (χ3v) is 4.65. The molecule has 0 aliphatic carbocycles. The molecule has 1 aliphatic heterocycles. The number of benzene rings is 1. The minimum absolute atomic E-state index is 0.112. The van der Waals surface area contributed by atoms with Gasteiger partial charge in [0.15, 0.2) is 0 Å². The number of nitrogens with one attached hydrogen (secondary N) is 1. The predicted octanol–water partition coefficient (Wildman–Crippen LogP) is 3.81. The number of halogens is 2. The Labute approximate surface area is 140 Å². The minimum atomic E-state index is -0.112. The van der Waals surface area contributed by atoms with Gasteiger partial charge in [-0.1, -0.05) is 41.4 Å². The van der Waals surface area contributed by atoms with Crippen LogP contribution in [-0.2, 0) is 0 Å². The van der Waals surface area contributed by atoms with Crippen LogP contribution in [0.25, 0.3) is 0 Å². The van der Waals surface area contributed by atoms with Gasteiger partial charge < -0.3 is 10.2 Å². The molecule has 2 rings (SSSR count). The monoisotopic (exact) mass is 372 g/mol. The standard InChI is InChI=1S/C16H22BrClN2O/c1-11-7-12(2)10-20(9-11)6-5-19-16(21)14-8-13(17)3-4-15(14)18/h3-4,8,11-12H,5-7,9-10H2,1-2H3,(H,19,21)/t11-,12-/m0/s1. The summed E-state index contributed by atoms with van der Waals surface area (Å²) < 4.78 is 0.857. The molecule has 0 saturated carbocycles. The maximum atomic E-state index is 12.2. The molecule has 1 aromatic carbocycles. The van der Waals surface area contributed by atoms with Crippen LogP contribution in [0.1, 0.15) is 30.6 Å². The van der Waals surface area contributed by atoms with Crippen molar-refractivity contribution in [2.45, 2.75) is 20.3 Å². The van der Waals surface area contributed by atoms with E-state index in [1.807, 2.05) is 6.07 Å². The molecule has 0 radical (unpaired) electrons. The quantitative estimate of drug-likeness (QED) is 0.870. The van der Waals surface area contributed by atoms with Gasteiger partial charge in [0.05, 0.1) is 10.6 Å². The fourth-order valence-corrected chi connectivity index (χ4v) is 3.63. The molecule has 21 heavy (non-hydrogen) atoms. The summed E-state index contributed by atoms with van der Waals surface area (Å²) in [7, 11) is 0. The number of nitrogens with zero attached hydrogens (tertiary/aromatic N) is 1. The maximum Gasteiger partial charge on any atom is 0.252 e. The highest BCUT2D eigenvalue weighted by Gasteiger charge is 2.21.